The van der Waals surface area contributed by atoms with E-state index in [0.717, 1.165) is 12.8 Å². The Morgan fingerprint density at radius 1 is 1.31 bits per heavy atom. The fraction of sp³-hybridized carbons (Fsp3) is 0.727. The summed E-state index contributed by atoms with van der Waals surface area (Å²) in [5.74, 6) is 0.210. The molecule has 2 nitrogen and oxygen atoms in total. The molecule has 1 heterocycles. The van der Waals surface area contributed by atoms with Gasteiger partial charge in [-0.25, -0.2) is 0 Å². The van der Waals surface area contributed by atoms with Crippen molar-refractivity contribution in [1.82, 2.24) is 5.32 Å². The van der Waals surface area contributed by atoms with Crippen molar-refractivity contribution < 1.29 is 4.79 Å². The Morgan fingerprint density at radius 3 is 2.62 bits per heavy atom. The van der Waals surface area contributed by atoms with E-state index in [-0.39, 0.29) is 11.4 Å². The lowest BCUT2D eigenvalue weighted by Gasteiger charge is -2.38. The molecule has 1 aliphatic carbocycles. The van der Waals surface area contributed by atoms with Crippen molar-refractivity contribution in [2.45, 2.75) is 51.0 Å². The Kier molecular flexibility index (Phi) is 2.14. The van der Waals surface area contributed by atoms with Crippen LogP contribution in [0.1, 0.15) is 45.4 Å². The molecule has 1 amide bonds. The molecule has 1 N–H and O–H groups in total. The molecule has 1 fully saturated rings. The molecule has 0 unspecified atom stereocenters. The van der Waals surface area contributed by atoms with Crippen LogP contribution in [0.3, 0.4) is 0 Å². The zero-order valence-corrected chi connectivity index (χ0v) is 8.23. The maximum absolute atomic E-state index is 11.4. The van der Waals surface area contributed by atoms with Gasteiger partial charge < -0.3 is 5.32 Å². The molecular weight excluding hydrogens is 162 g/mol. The monoisotopic (exact) mass is 179 g/mol. The minimum atomic E-state index is 0.0394. The smallest absolute Gasteiger partial charge is 0.224 e. The third-order valence-electron chi connectivity index (χ3n) is 3.10. The number of nitrogens with one attached hydrogen (secondary N) is 1. The molecule has 2 rings (SSSR count). The van der Waals surface area contributed by atoms with Gasteiger partial charge in [-0.2, -0.15) is 0 Å². The third kappa shape index (κ3) is 1.77. The van der Waals surface area contributed by atoms with Crippen LogP contribution in [-0.2, 0) is 4.79 Å². The van der Waals surface area contributed by atoms with Crippen LogP contribution in [0.25, 0.3) is 0 Å². The molecule has 1 saturated carbocycles. The van der Waals surface area contributed by atoms with Gasteiger partial charge in [0.25, 0.3) is 0 Å². The minimum Gasteiger partial charge on any atom is -0.347 e. The summed E-state index contributed by atoms with van der Waals surface area (Å²) in [6.45, 7) is 2.06. The highest BCUT2D eigenvalue weighted by molar-refractivity contribution is 5.81. The van der Waals surface area contributed by atoms with Crippen LogP contribution in [0, 0.1) is 0 Å². The molecule has 2 aliphatic rings. The lowest BCUT2D eigenvalue weighted by molar-refractivity contribution is -0.122. The van der Waals surface area contributed by atoms with Crippen molar-refractivity contribution in [3.63, 3.8) is 0 Å². The van der Waals surface area contributed by atoms with Crippen LogP contribution in [0.5, 0.6) is 0 Å². The molecule has 13 heavy (non-hydrogen) atoms. The van der Waals surface area contributed by atoms with Crippen LogP contribution in [0.15, 0.2) is 11.6 Å². The van der Waals surface area contributed by atoms with Gasteiger partial charge >= 0.3 is 0 Å². The number of hydrogen-bond acceptors (Lipinski definition) is 1. The fourth-order valence-electron chi connectivity index (χ4n) is 2.59. The van der Waals surface area contributed by atoms with E-state index in [0.29, 0.717) is 6.42 Å². The van der Waals surface area contributed by atoms with E-state index in [9.17, 15) is 4.79 Å². The Morgan fingerprint density at radius 2 is 2.00 bits per heavy atom. The van der Waals surface area contributed by atoms with Crippen LogP contribution < -0.4 is 5.32 Å². The Hall–Kier alpha value is -0.790. The van der Waals surface area contributed by atoms with E-state index in [2.05, 4.69) is 18.3 Å². The zero-order chi connectivity index (χ0) is 9.31. The second-order valence-corrected chi connectivity index (χ2v) is 4.43. The Labute approximate surface area is 79.4 Å². The van der Waals surface area contributed by atoms with Crippen molar-refractivity contribution in [2.75, 3.05) is 0 Å². The molecule has 1 aliphatic heterocycles. The predicted molar refractivity (Wildman–Crippen MR) is 52.3 cm³/mol. The predicted octanol–water partition coefficient (Wildman–Crippen LogP) is 2.16. The van der Waals surface area contributed by atoms with E-state index < -0.39 is 0 Å². The van der Waals surface area contributed by atoms with Crippen molar-refractivity contribution in [3.05, 3.63) is 11.6 Å². The van der Waals surface area contributed by atoms with E-state index in [1.165, 1.54) is 24.8 Å². The van der Waals surface area contributed by atoms with Gasteiger partial charge in [-0.1, -0.05) is 30.9 Å². The van der Waals surface area contributed by atoms with Gasteiger partial charge in [0.2, 0.25) is 5.91 Å². The molecule has 0 bridgehead atoms. The molecule has 72 valence electrons. The normalized spacial score (nSPS) is 26.8. The van der Waals surface area contributed by atoms with E-state index in [1.807, 2.05) is 0 Å². The Balaban J connectivity index is 2.20. The van der Waals surface area contributed by atoms with Gasteiger partial charge in [0, 0.05) is 6.42 Å². The summed E-state index contributed by atoms with van der Waals surface area (Å²) in [5, 5.41) is 3.15. The lowest BCUT2D eigenvalue weighted by Crippen LogP contribution is -2.50. The van der Waals surface area contributed by atoms with Crippen LogP contribution >= 0.6 is 0 Å². The minimum absolute atomic E-state index is 0.0394. The van der Waals surface area contributed by atoms with Crippen LogP contribution in [-0.4, -0.2) is 11.4 Å². The Bertz CT molecular complexity index is 249. The fourth-order valence-corrected chi connectivity index (χ4v) is 2.59. The van der Waals surface area contributed by atoms with Crippen LogP contribution in [0.2, 0.25) is 0 Å². The van der Waals surface area contributed by atoms with Crippen molar-refractivity contribution in [3.8, 4) is 0 Å². The summed E-state index contributed by atoms with van der Waals surface area (Å²) in [4.78, 5) is 11.4. The van der Waals surface area contributed by atoms with E-state index >= 15 is 0 Å². The second-order valence-electron chi connectivity index (χ2n) is 4.43. The van der Waals surface area contributed by atoms with Crippen molar-refractivity contribution >= 4 is 5.91 Å². The number of amides is 1. The quantitative estimate of drug-likeness (QED) is 0.567. The number of carbonyl (C=O) groups excluding carboxylic acids is 1. The standard InChI is InChI=1S/C11H17NO/c1-9-7-10(13)12-11(8-9)5-3-2-4-6-11/h8H,2-7H2,1H3,(H,12,13). The maximum Gasteiger partial charge on any atom is 0.224 e. The first-order chi connectivity index (χ1) is 6.20. The summed E-state index contributed by atoms with van der Waals surface area (Å²) < 4.78 is 0. The van der Waals surface area contributed by atoms with Gasteiger partial charge in [0.1, 0.15) is 0 Å². The maximum atomic E-state index is 11.4. The first kappa shape index (κ1) is 8.79. The first-order valence-electron chi connectivity index (χ1n) is 5.20. The second kappa shape index (κ2) is 3.17. The molecule has 0 saturated heterocycles. The molecular formula is C11H17NO. The largest absolute Gasteiger partial charge is 0.347 e. The third-order valence-corrected chi connectivity index (χ3v) is 3.10. The molecule has 0 radical (unpaired) electrons. The molecule has 2 heteroatoms. The van der Waals surface area contributed by atoms with E-state index in [1.54, 1.807) is 0 Å². The van der Waals surface area contributed by atoms with Crippen molar-refractivity contribution in [2.24, 2.45) is 0 Å². The van der Waals surface area contributed by atoms with Gasteiger partial charge in [-0.05, 0) is 19.8 Å². The summed E-state index contributed by atoms with van der Waals surface area (Å²) in [6, 6.07) is 0. The summed E-state index contributed by atoms with van der Waals surface area (Å²) in [5.41, 5.74) is 1.28. The lowest BCUT2D eigenvalue weighted by atomic mass is 9.78. The molecule has 0 aromatic heterocycles. The van der Waals surface area contributed by atoms with Gasteiger partial charge in [0.05, 0.1) is 5.54 Å². The highest BCUT2D eigenvalue weighted by Gasteiger charge is 2.33. The topological polar surface area (TPSA) is 29.1 Å². The summed E-state index contributed by atoms with van der Waals surface area (Å²) >= 11 is 0. The zero-order valence-electron chi connectivity index (χ0n) is 8.23. The van der Waals surface area contributed by atoms with Gasteiger partial charge in [-0.3, -0.25) is 4.79 Å². The highest BCUT2D eigenvalue weighted by atomic mass is 16.1. The molecule has 0 aromatic carbocycles. The summed E-state index contributed by atoms with van der Waals surface area (Å²) in [7, 11) is 0. The van der Waals surface area contributed by atoms with Gasteiger partial charge in [0.15, 0.2) is 0 Å². The molecule has 1 spiro atoms. The van der Waals surface area contributed by atoms with Crippen molar-refractivity contribution in [1.29, 1.82) is 0 Å². The average Bonchev–Trinajstić information content (AvgIpc) is 2.02. The van der Waals surface area contributed by atoms with Crippen LogP contribution in [0.4, 0.5) is 0 Å². The first-order valence-corrected chi connectivity index (χ1v) is 5.20. The molecule has 0 aromatic rings. The average molecular weight is 179 g/mol. The highest BCUT2D eigenvalue weighted by Crippen LogP contribution is 2.32. The van der Waals surface area contributed by atoms with Gasteiger partial charge in [-0.15, -0.1) is 0 Å². The number of rotatable bonds is 0. The SMILES string of the molecule is CC1=CC2(CCCCC2)NC(=O)C1. The number of carbonyl (C=O) groups is 1. The molecule has 0 atom stereocenters. The number of hydrogen-bond donors (Lipinski definition) is 1. The van der Waals surface area contributed by atoms with E-state index in [4.69, 9.17) is 0 Å². The summed E-state index contributed by atoms with van der Waals surface area (Å²) in [6.07, 6.45) is 8.99.